The molecular weight excluding hydrogens is 244 g/mol. The average Bonchev–Trinajstić information content (AvgIpc) is 2.43. The molecule has 0 unspecified atom stereocenters. The number of anilines is 1. The van der Waals surface area contributed by atoms with Crippen LogP contribution in [-0.2, 0) is 14.3 Å². The molecule has 0 saturated carbocycles. The Balaban J connectivity index is 2.70. The van der Waals surface area contributed by atoms with E-state index >= 15 is 0 Å². The largest absolute Gasteiger partial charge is 0.452 e. The molecule has 0 aliphatic heterocycles. The van der Waals surface area contributed by atoms with Crippen molar-refractivity contribution in [3.8, 4) is 6.07 Å². The van der Waals surface area contributed by atoms with E-state index in [2.05, 4.69) is 0 Å². The van der Waals surface area contributed by atoms with Crippen LogP contribution in [0.1, 0.15) is 6.92 Å². The van der Waals surface area contributed by atoms with E-state index in [9.17, 15) is 9.59 Å². The molecule has 0 radical (unpaired) electrons. The minimum Gasteiger partial charge on any atom is -0.452 e. The Labute approximate surface area is 111 Å². The van der Waals surface area contributed by atoms with Gasteiger partial charge in [0.2, 0.25) is 0 Å². The lowest BCUT2D eigenvalue weighted by atomic mass is 10.3. The zero-order chi connectivity index (χ0) is 14.1. The molecular formula is C14H14N2O3. The highest BCUT2D eigenvalue weighted by atomic mass is 16.5. The number of ether oxygens (including phenoxy) is 1. The maximum atomic E-state index is 11.9. The van der Waals surface area contributed by atoms with Crippen LogP contribution in [0, 0.1) is 11.3 Å². The summed E-state index contributed by atoms with van der Waals surface area (Å²) in [6, 6.07) is 10.7. The second-order valence-electron chi connectivity index (χ2n) is 3.58. The van der Waals surface area contributed by atoms with Crippen molar-refractivity contribution >= 4 is 17.6 Å². The van der Waals surface area contributed by atoms with Crippen molar-refractivity contribution in [2.45, 2.75) is 6.92 Å². The summed E-state index contributed by atoms with van der Waals surface area (Å²) in [6.07, 6.45) is 2.75. The summed E-state index contributed by atoms with van der Waals surface area (Å²) in [6.45, 7) is 1.19. The minimum absolute atomic E-state index is 0.0932. The standard InChI is InChI=1S/C14H14N2O3/c1-2-6-14(18)19-11-13(17)16(10-9-15)12-7-4-3-5-8-12/h2-8H,10-11H2,1H3/b6-2+. The zero-order valence-electron chi connectivity index (χ0n) is 10.6. The molecule has 1 aromatic rings. The molecule has 0 aliphatic carbocycles. The lowest BCUT2D eigenvalue weighted by Crippen LogP contribution is -2.34. The summed E-state index contributed by atoms with van der Waals surface area (Å²) in [4.78, 5) is 24.3. The fraction of sp³-hybridized carbons (Fsp3) is 0.214. The summed E-state index contributed by atoms with van der Waals surface area (Å²) in [5.74, 6) is -1.02. The number of nitrogens with zero attached hydrogens (tertiary/aromatic N) is 2. The summed E-state index contributed by atoms with van der Waals surface area (Å²) in [7, 11) is 0. The Kier molecular flexibility index (Phi) is 5.83. The topological polar surface area (TPSA) is 70.4 Å². The van der Waals surface area contributed by atoms with Crippen LogP contribution < -0.4 is 4.90 Å². The second kappa shape index (κ2) is 7.67. The number of amides is 1. The number of nitriles is 1. The lowest BCUT2D eigenvalue weighted by molar-refractivity contribution is -0.142. The quantitative estimate of drug-likeness (QED) is 0.457. The van der Waals surface area contributed by atoms with Gasteiger partial charge in [0, 0.05) is 11.8 Å². The van der Waals surface area contributed by atoms with Crippen molar-refractivity contribution in [1.82, 2.24) is 0 Å². The number of para-hydroxylation sites is 1. The molecule has 5 nitrogen and oxygen atoms in total. The van der Waals surface area contributed by atoms with Gasteiger partial charge in [-0.25, -0.2) is 4.79 Å². The molecule has 0 fully saturated rings. The van der Waals surface area contributed by atoms with Crippen LogP contribution in [0.25, 0.3) is 0 Å². The Morgan fingerprint density at radius 1 is 1.37 bits per heavy atom. The van der Waals surface area contributed by atoms with E-state index in [1.807, 2.05) is 12.1 Å². The van der Waals surface area contributed by atoms with Crippen LogP contribution in [0.3, 0.4) is 0 Å². The van der Waals surface area contributed by atoms with E-state index in [-0.39, 0.29) is 13.2 Å². The van der Waals surface area contributed by atoms with Crippen LogP contribution in [0.2, 0.25) is 0 Å². The molecule has 0 bridgehead atoms. The van der Waals surface area contributed by atoms with Crippen LogP contribution >= 0.6 is 0 Å². The predicted molar refractivity (Wildman–Crippen MR) is 70.2 cm³/mol. The molecule has 0 aromatic heterocycles. The summed E-state index contributed by atoms with van der Waals surface area (Å²) in [5.41, 5.74) is 0.594. The van der Waals surface area contributed by atoms with E-state index in [4.69, 9.17) is 10.00 Å². The van der Waals surface area contributed by atoms with Crippen molar-refractivity contribution in [3.05, 3.63) is 42.5 Å². The molecule has 1 rings (SSSR count). The number of hydrogen-bond acceptors (Lipinski definition) is 4. The fourth-order valence-electron chi connectivity index (χ4n) is 1.40. The number of benzene rings is 1. The molecule has 0 heterocycles. The first-order chi connectivity index (χ1) is 9.19. The smallest absolute Gasteiger partial charge is 0.330 e. The number of hydrogen-bond donors (Lipinski definition) is 0. The summed E-state index contributed by atoms with van der Waals surface area (Å²) in [5, 5.41) is 8.75. The Hall–Kier alpha value is -2.61. The molecule has 98 valence electrons. The van der Waals surface area contributed by atoms with Gasteiger partial charge in [0.25, 0.3) is 5.91 Å². The van der Waals surface area contributed by atoms with E-state index in [1.54, 1.807) is 31.2 Å². The Morgan fingerprint density at radius 3 is 2.63 bits per heavy atom. The van der Waals surface area contributed by atoms with Gasteiger partial charge < -0.3 is 4.74 Å². The van der Waals surface area contributed by atoms with Crippen molar-refractivity contribution in [3.63, 3.8) is 0 Å². The maximum absolute atomic E-state index is 11.9. The van der Waals surface area contributed by atoms with Crippen LogP contribution in [0.5, 0.6) is 0 Å². The third-order valence-electron chi connectivity index (χ3n) is 2.24. The maximum Gasteiger partial charge on any atom is 0.330 e. The van der Waals surface area contributed by atoms with Gasteiger partial charge in [-0.05, 0) is 19.1 Å². The van der Waals surface area contributed by atoms with Crippen LogP contribution in [-0.4, -0.2) is 25.0 Å². The Bertz CT molecular complexity index is 503. The van der Waals surface area contributed by atoms with Crippen molar-refractivity contribution in [1.29, 1.82) is 5.26 Å². The van der Waals surface area contributed by atoms with E-state index in [1.165, 1.54) is 17.1 Å². The van der Waals surface area contributed by atoms with Crippen molar-refractivity contribution < 1.29 is 14.3 Å². The number of rotatable bonds is 5. The molecule has 0 aliphatic rings. The van der Waals surface area contributed by atoms with Gasteiger partial charge in [0.05, 0.1) is 6.07 Å². The van der Waals surface area contributed by atoms with Gasteiger partial charge in [-0.1, -0.05) is 24.3 Å². The van der Waals surface area contributed by atoms with E-state index in [0.717, 1.165) is 0 Å². The highest BCUT2D eigenvalue weighted by Crippen LogP contribution is 2.12. The third-order valence-corrected chi connectivity index (χ3v) is 2.24. The summed E-state index contributed by atoms with van der Waals surface area (Å²) >= 11 is 0. The second-order valence-corrected chi connectivity index (χ2v) is 3.58. The van der Waals surface area contributed by atoms with Gasteiger partial charge in [-0.2, -0.15) is 5.26 Å². The number of carbonyl (C=O) groups is 2. The molecule has 5 heteroatoms. The molecule has 0 N–H and O–H groups in total. The first kappa shape index (κ1) is 14.5. The van der Waals surface area contributed by atoms with Crippen LogP contribution in [0.4, 0.5) is 5.69 Å². The first-order valence-electron chi connectivity index (χ1n) is 5.71. The molecule has 0 spiro atoms. The number of allylic oxidation sites excluding steroid dienone is 1. The normalized spacial score (nSPS) is 9.89. The van der Waals surface area contributed by atoms with Crippen molar-refractivity contribution in [2.75, 3.05) is 18.1 Å². The minimum atomic E-state index is -0.583. The van der Waals surface area contributed by atoms with Gasteiger partial charge in [-0.15, -0.1) is 0 Å². The predicted octanol–water partition coefficient (Wildman–Crippen LogP) is 1.66. The first-order valence-corrected chi connectivity index (χ1v) is 5.71. The van der Waals surface area contributed by atoms with Crippen LogP contribution in [0.15, 0.2) is 42.5 Å². The molecule has 1 aromatic carbocycles. The molecule has 0 atom stereocenters. The zero-order valence-corrected chi connectivity index (χ0v) is 10.6. The highest BCUT2D eigenvalue weighted by Gasteiger charge is 2.16. The molecule has 1 amide bonds. The lowest BCUT2D eigenvalue weighted by Gasteiger charge is -2.19. The van der Waals surface area contributed by atoms with Gasteiger partial charge >= 0.3 is 5.97 Å². The summed E-state index contributed by atoms with van der Waals surface area (Å²) < 4.78 is 4.77. The van der Waals surface area contributed by atoms with Gasteiger partial charge in [0.15, 0.2) is 6.61 Å². The van der Waals surface area contributed by atoms with Gasteiger partial charge in [0.1, 0.15) is 6.54 Å². The molecule has 19 heavy (non-hydrogen) atoms. The Morgan fingerprint density at radius 2 is 2.05 bits per heavy atom. The fourth-order valence-corrected chi connectivity index (χ4v) is 1.40. The number of esters is 1. The highest BCUT2D eigenvalue weighted by molar-refractivity contribution is 5.96. The van der Waals surface area contributed by atoms with E-state index < -0.39 is 11.9 Å². The molecule has 0 saturated heterocycles. The third kappa shape index (κ3) is 4.64. The van der Waals surface area contributed by atoms with E-state index in [0.29, 0.717) is 5.69 Å². The SMILES string of the molecule is C/C=C/C(=O)OCC(=O)N(CC#N)c1ccccc1. The monoisotopic (exact) mass is 258 g/mol. The van der Waals surface area contributed by atoms with Crippen molar-refractivity contribution in [2.24, 2.45) is 0 Å². The van der Waals surface area contributed by atoms with Gasteiger partial charge in [-0.3, -0.25) is 9.69 Å². The number of carbonyl (C=O) groups excluding carboxylic acids is 2. The average molecular weight is 258 g/mol.